The summed E-state index contributed by atoms with van der Waals surface area (Å²) in [5.41, 5.74) is 4.19. The van der Waals surface area contributed by atoms with E-state index in [2.05, 4.69) is 108 Å². The molecule has 2 nitrogen and oxygen atoms in total. The van der Waals surface area contributed by atoms with Gasteiger partial charge in [0, 0.05) is 26.8 Å². The summed E-state index contributed by atoms with van der Waals surface area (Å²) < 4.78 is 2.24. The second-order valence-corrected chi connectivity index (χ2v) is 7.27. The van der Waals surface area contributed by atoms with Gasteiger partial charge in [0.05, 0.1) is 16.9 Å². The fourth-order valence-corrected chi connectivity index (χ4v) is 4.04. The van der Waals surface area contributed by atoms with Crippen LogP contribution in [0, 0.1) is 6.07 Å². The largest absolute Gasteiger partial charge is 0.333 e. The SMILES string of the molecule is [Pt].[c-]1cc2ccccc2cc1-c1nc2cc3ccccc3cc2n1-c1ccccc1. The summed E-state index contributed by atoms with van der Waals surface area (Å²) >= 11 is 0. The number of nitrogens with zero attached hydrogens (tertiary/aromatic N) is 2. The van der Waals surface area contributed by atoms with Crippen LogP contribution in [0.5, 0.6) is 0 Å². The number of hydrogen-bond acceptors (Lipinski definition) is 1. The average Bonchev–Trinajstić information content (AvgIpc) is 3.16. The van der Waals surface area contributed by atoms with E-state index in [0.717, 1.165) is 28.1 Å². The second kappa shape index (κ2) is 7.55. The Labute approximate surface area is 189 Å². The van der Waals surface area contributed by atoms with Crippen molar-refractivity contribution in [3.05, 3.63) is 109 Å². The Morgan fingerprint density at radius 1 is 0.633 bits per heavy atom. The van der Waals surface area contributed by atoms with Gasteiger partial charge in [-0.3, -0.25) is 4.98 Å². The Morgan fingerprint density at radius 3 is 1.97 bits per heavy atom. The molecule has 146 valence electrons. The van der Waals surface area contributed by atoms with Gasteiger partial charge in [-0.25, -0.2) is 0 Å². The van der Waals surface area contributed by atoms with Crippen LogP contribution in [-0.4, -0.2) is 9.55 Å². The van der Waals surface area contributed by atoms with Crippen LogP contribution in [0.1, 0.15) is 0 Å². The van der Waals surface area contributed by atoms with E-state index < -0.39 is 0 Å². The Hall–Kier alpha value is -3.22. The van der Waals surface area contributed by atoms with E-state index in [1.165, 1.54) is 21.5 Å². The van der Waals surface area contributed by atoms with Crippen LogP contribution >= 0.6 is 0 Å². The zero-order valence-corrected chi connectivity index (χ0v) is 18.3. The van der Waals surface area contributed by atoms with Crippen molar-refractivity contribution in [1.82, 2.24) is 9.55 Å². The predicted octanol–water partition coefficient (Wildman–Crippen LogP) is 6.80. The second-order valence-electron chi connectivity index (χ2n) is 7.27. The van der Waals surface area contributed by atoms with Gasteiger partial charge in [-0.1, -0.05) is 72.1 Å². The van der Waals surface area contributed by atoms with Crippen molar-refractivity contribution in [2.24, 2.45) is 0 Å². The third-order valence-corrected chi connectivity index (χ3v) is 5.46. The maximum absolute atomic E-state index is 5.05. The molecule has 0 aliphatic heterocycles. The summed E-state index contributed by atoms with van der Waals surface area (Å²) in [6.07, 6.45) is 0. The molecule has 0 bridgehead atoms. The molecular formula is C27H17N2Pt-. The van der Waals surface area contributed by atoms with Crippen molar-refractivity contribution in [3.63, 3.8) is 0 Å². The molecule has 6 aromatic rings. The number of aromatic nitrogens is 2. The summed E-state index contributed by atoms with van der Waals surface area (Å²) in [4.78, 5) is 5.05. The molecule has 6 rings (SSSR count). The number of para-hydroxylation sites is 1. The molecule has 0 unspecified atom stereocenters. The number of rotatable bonds is 2. The van der Waals surface area contributed by atoms with E-state index in [-0.39, 0.29) is 21.1 Å². The van der Waals surface area contributed by atoms with Gasteiger partial charge in [0.2, 0.25) is 0 Å². The van der Waals surface area contributed by atoms with Crippen molar-refractivity contribution in [2.75, 3.05) is 0 Å². The monoisotopic (exact) mass is 564 g/mol. The van der Waals surface area contributed by atoms with E-state index in [4.69, 9.17) is 4.98 Å². The Kier molecular flexibility index (Phi) is 4.73. The zero-order chi connectivity index (χ0) is 19.2. The van der Waals surface area contributed by atoms with Crippen LogP contribution in [0.25, 0.3) is 49.7 Å². The van der Waals surface area contributed by atoms with Gasteiger partial charge < -0.3 is 4.57 Å². The predicted molar refractivity (Wildman–Crippen MR) is 120 cm³/mol. The zero-order valence-electron chi connectivity index (χ0n) is 16.0. The first-order valence-electron chi connectivity index (χ1n) is 9.74. The molecule has 0 fully saturated rings. The molecule has 0 aliphatic carbocycles. The normalized spacial score (nSPS) is 11.1. The molecule has 0 N–H and O–H groups in total. The summed E-state index contributed by atoms with van der Waals surface area (Å²) in [5.74, 6) is 0.909. The summed E-state index contributed by atoms with van der Waals surface area (Å²) in [6, 6.07) is 39.3. The van der Waals surface area contributed by atoms with Gasteiger partial charge >= 0.3 is 0 Å². The number of fused-ring (bicyclic) bond motifs is 3. The Morgan fingerprint density at radius 2 is 1.23 bits per heavy atom. The Balaban J connectivity index is 0.00000193. The third kappa shape index (κ3) is 3.05. The van der Waals surface area contributed by atoms with Gasteiger partial charge in [0.1, 0.15) is 0 Å². The molecular weight excluding hydrogens is 547 g/mol. The van der Waals surface area contributed by atoms with Crippen LogP contribution in [0.2, 0.25) is 0 Å². The van der Waals surface area contributed by atoms with Crippen molar-refractivity contribution in [2.45, 2.75) is 0 Å². The van der Waals surface area contributed by atoms with E-state index in [0.29, 0.717) is 0 Å². The fraction of sp³-hybridized carbons (Fsp3) is 0. The minimum Gasteiger partial charge on any atom is -0.333 e. The first kappa shape index (κ1) is 18.8. The molecule has 0 radical (unpaired) electrons. The number of benzene rings is 5. The average molecular weight is 565 g/mol. The van der Waals surface area contributed by atoms with Gasteiger partial charge in [-0.2, -0.15) is 0 Å². The molecule has 0 amide bonds. The standard InChI is InChI=1S/C27H17N2.Pt/c1-2-12-24(13-3-1)29-26-18-22-11-7-6-10-21(22)17-25(26)28-27(29)23-15-14-19-8-4-5-9-20(19)16-23;/h1-14,16-18H;/q-1;. The van der Waals surface area contributed by atoms with Crippen LogP contribution < -0.4 is 0 Å². The molecule has 30 heavy (non-hydrogen) atoms. The molecule has 0 spiro atoms. The van der Waals surface area contributed by atoms with E-state index in [1.54, 1.807) is 0 Å². The van der Waals surface area contributed by atoms with Gasteiger partial charge in [0.15, 0.2) is 0 Å². The summed E-state index contributed by atoms with van der Waals surface area (Å²) in [6.45, 7) is 0. The minimum absolute atomic E-state index is 0. The minimum atomic E-state index is 0. The number of imidazole rings is 1. The molecule has 5 aromatic carbocycles. The first-order chi connectivity index (χ1) is 14.4. The first-order valence-corrected chi connectivity index (χ1v) is 9.74. The molecule has 0 saturated heterocycles. The van der Waals surface area contributed by atoms with Crippen molar-refractivity contribution >= 4 is 32.6 Å². The van der Waals surface area contributed by atoms with Gasteiger partial charge in [0.25, 0.3) is 0 Å². The van der Waals surface area contributed by atoms with Crippen molar-refractivity contribution in [3.8, 4) is 17.1 Å². The van der Waals surface area contributed by atoms with Crippen LogP contribution in [0.15, 0.2) is 103 Å². The molecule has 0 aliphatic rings. The van der Waals surface area contributed by atoms with E-state index in [1.807, 2.05) is 6.07 Å². The molecule has 0 saturated carbocycles. The smallest absolute Gasteiger partial charge is 0.0780 e. The molecule has 1 aromatic heterocycles. The molecule has 3 heteroatoms. The number of hydrogen-bond donors (Lipinski definition) is 0. The summed E-state index contributed by atoms with van der Waals surface area (Å²) in [5, 5.41) is 4.79. The fourth-order valence-electron chi connectivity index (χ4n) is 4.04. The van der Waals surface area contributed by atoms with Crippen LogP contribution in [0.3, 0.4) is 0 Å². The van der Waals surface area contributed by atoms with E-state index in [9.17, 15) is 0 Å². The maximum atomic E-state index is 5.05. The summed E-state index contributed by atoms with van der Waals surface area (Å²) in [7, 11) is 0. The maximum Gasteiger partial charge on any atom is 0.0780 e. The van der Waals surface area contributed by atoms with Crippen LogP contribution in [0.4, 0.5) is 0 Å². The van der Waals surface area contributed by atoms with Crippen molar-refractivity contribution in [1.29, 1.82) is 0 Å². The van der Waals surface area contributed by atoms with Gasteiger partial charge in [-0.05, 0) is 35.0 Å². The molecule has 0 atom stereocenters. The van der Waals surface area contributed by atoms with Crippen LogP contribution in [-0.2, 0) is 21.1 Å². The van der Waals surface area contributed by atoms with Crippen molar-refractivity contribution < 1.29 is 21.1 Å². The van der Waals surface area contributed by atoms with Gasteiger partial charge in [-0.15, -0.1) is 29.1 Å². The Bertz CT molecular complexity index is 1500. The van der Waals surface area contributed by atoms with E-state index >= 15 is 0 Å². The quantitative estimate of drug-likeness (QED) is 0.212. The topological polar surface area (TPSA) is 17.8 Å². The molecule has 1 heterocycles. The third-order valence-electron chi connectivity index (χ3n) is 5.46.